The van der Waals surface area contributed by atoms with E-state index in [9.17, 15) is 13.2 Å². The van der Waals surface area contributed by atoms with Crippen LogP contribution < -0.4 is 9.47 Å². The highest BCUT2D eigenvalue weighted by atomic mass is 19.4. The number of methoxy groups -OCH3 is 1. The van der Waals surface area contributed by atoms with Gasteiger partial charge in [0, 0.05) is 18.5 Å². The van der Waals surface area contributed by atoms with Crippen LogP contribution in [-0.4, -0.2) is 36.4 Å². The van der Waals surface area contributed by atoms with E-state index in [1.807, 2.05) is 0 Å². The van der Waals surface area contributed by atoms with Crippen molar-refractivity contribution in [1.82, 2.24) is 29.3 Å². The summed E-state index contributed by atoms with van der Waals surface area (Å²) in [6.07, 6.45) is 0.784. The average molecular weight is 376 g/mol. The number of hydrogen-bond acceptors (Lipinski definition) is 6. The summed E-state index contributed by atoms with van der Waals surface area (Å²) < 4.78 is 51.9. The first-order valence-corrected chi connectivity index (χ1v) is 7.59. The minimum absolute atomic E-state index is 0.00364. The number of hydrogen-bond donors (Lipinski definition) is 1. The molecule has 0 bridgehead atoms. The number of aromatic nitrogens is 6. The maximum Gasteiger partial charge on any atom is 0.435 e. The zero-order valence-electron chi connectivity index (χ0n) is 13.7. The van der Waals surface area contributed by atoms with Crippen LogP contribution in [0.1, 0.15) is 5.69 Å². The zero-order valence-corrected chi connectivity index (χ0v) is 13.7. The van der Waals surface area contributed by atoms with Crippen molar-refractivity contribution in [3.63, 3.8) is 0 Å². The van der Waals surface area contributed by atoms with Gasteiger partial charge in [-0.1, -0.05) is 0 Å². The number of pyridine rings is 1. The Morgan fingerprint density at radius 2 is 1.96 bits per heavy atom. The van der Waals surface area contributed by atoms with Gasteiger partial charge in [0.2, 0.25) is 11.7 Å². The summed E-state index contributed by atoms with van der Waals surface area (Å²) in [5.74, 6) is 0.666. The van der Waals surface area contributed by atoms with Crippen molar-refractivity contribution >= 4 is 5.78 Å². The molecule has 0 fully saturated rings. The monoisotopic (exact) mass is 376 g/mol. The highest BCUT2D eigenvalue weighted by Crippen LogP contribution is 2.36. The second kappa shape index (κ2) is 6.27. The number of H-pyrrole nitrogens is 1. The first kappa shape index (κ1) is 16.8. The minimum Gasteiger partial charge on any atom is -0.481 e. The van der Waals surface area contributed by atoms with E-state index in [0.717, 1.165) is 0 Å². The summed E-state index contributed by atoms with van der Waals surface area (Å²) in [6, 6.07) is 4.68. The third-order valence-electron chi connectivity index (χ3n) is 3.61. The van der Waals surface area contributed by atoms with Crippen molar-refractivity contribution < 1.29 is 22.6 Å². The van der Waals surface area contributed by atoms with Crippen LogP contribution in [0.5, 0.6) is 17.6 Å². The highest BCUT2D eigenvalue weighted by molar-refractivity contribution is 5.63. The lowest BCUT2D eigenvalue weighted by atomic mass is 10.2. The number of imidazole rings is 2. The Morgan fingerprint density at radius 1 is 1.11 bits per heavy atom. The molecule has 0 aliphatic rings. The number of nitrogens with zero attached hydrogens (tertiary/aromatic N) is 5. The Hall–Kier alpha value is -3.63. The third kappa shape index (κ3) is 3.14. The molecule has 4 heterocycles. The van der Waals surface area contributed by atoms with Gasteiger partial charge in [-0.15, -0.1) is 0 Å². The number of aromatic amines is 1. The molecule has 8 nitrogen and oxygen atoms in total. The van der Waals surface area contributed by atoms with Crippen molar-refractivity contribution in [2.75, 3.05) is 7.11 Å². The van der Waals surface area contributed by atoms with Crippen LogP contribution in [0, 0.1) is 0 Å². The summed E-state index contributed by atoms with van der Waals surface area (Å²) in [5.41, 5.74) is -1.19. The SMILES string of the molecule is COc1ccc(Oc2ncc(-c3c(C(F)(F)F)nc4ncccn34)[nH]2)cn1. The Balaban J connectivity index is 1.72. The number of fused-ring (bicyclic) bond motifs is 1. The fourth-order valence-corrected chi connectivity index (χ4v) is 2.48. The van der Waals surface area contributed by atoms with Crippen molar-refractivity contribution in [3.05, 3.63) is 48.7 Å². The molecule has 0 spiro atoms. The maximum absolute atomic E-state index is 13.4. The molecule has 0 saturated carbocycles. The van der Waals surface area contributed by atoms with Crippen LogP contribution in [0.3, 0.4) is 0 Å². The van der Waals surface area contributed by atoms with Gasteiger partial charge in [-0.3, -0.25) is 4.40 Å². The molecule has 0 saturated heterocycles. The van der Waals surface area contributed by atoms with Crippen LogP contribution in [0.4, 0.5) is 13.2 Å². The Kier molecular flexibility index (Phi) is 3.90. The lowest BCUT2D eigenvalue weighted by Gasteiger charge is -2.06. The molecule has 4 aromatic rings. The number of rotatable bonds is 4. The summed E-state index contributed by atoms with van der Waals surface area (Å²) >= 11 is 0. The van der Waals surface area contributed by atoms with Crippen molar-refractivity contribution in [1.29, 1.82) is 0 Å². The topological polar surface area (TPSA) is 90.2 Å². The van der Waals surface area contributed by atoms with Crippen LogP contribution in [0.15, 0.2) is 43.0 Å². The average Bonchev–Trinajstić information content (AvgIpc) is 3.26. The van der Waals surface area contributed by atoms with Crippen molar-refractivity contribution in [2.24, 2.45) is 0 Å². The van der Waals surface area contributed by atoms with Crippen molar-refractivity contribution in [2.45, 2.75) is 6.18 Å². The van der Waals surface area contributed by atoms with Gasteiger partial charge in [0.15, 0.2) is 5.69 Å². The molecule has 0 atom stereocenters. The van der Waals surface area contributed by atoms with E-state index in [-0.39, 0.29) is 23.2 Å². The van der Waals surface area contributed by atoms with Gasteiger partial charge in [-0.2, -0.15) is 13.2 Å². The standard InChI is InChI=1S/C16H11F3N6O2/c1-26-11-4-3-9(7-21-11)27-15-22-8-10(23-15)12-13(16(17,18)19)24-14-20-5-2-6-25(12)14/h2-8H,1H3,(H,22,23). The molecule has 27 heavy (non-hydrogen) atoms. The molecule has 4 aromatic heterocycles. The number of alkyl halides is 3. The molecule has 0 aliphatic heterocycles. The minimum atomic E-state index is -4.66. The Labute approximate surface area is 149 Å². The molecule has 0 amide bonds. The van der Waals surface area contributed by atoms with Crippen LogP contribution in [-0.2, 0) is 6.18 Å². The third-order valence-corrected chi connectivity index (χ3v) is 3.61. The van der Waals surface area contributed by atoms with Gasteiger partial charge in [0.1, 0.15) is 11.4 Å². The summed E-state index contributed by atoms with van der Waals surface area (Å²) in [7, 11) is 1.48. The molecule has 0 aromatic carbocycles. The summed E-state index contributed by atoms with van der Waals surface area (Å²) in [5, 5.41) is 0. The van der Waals surface area contributed by atoms with Gasteiger partial charge in [-0.25, -0.2) is 19.9 Å². The summed E-state index contributed by atoms with van der Waals surface area (Å²) in [6.45, 7) is 0. The fourth-order valence-electron chi connectivity index (χ4n) is 2.48. The fraction of sp³-hybridized carbons (Fsp3) is 0.125. The van der Waals surface area contributed by atoms with Gasteiger partial charge in [0.25, 0.3) is 6.01 Å². The van der Waals surface area contributed by atoms with E-state index >= 15 is 0 Å². The number of ether oxygens (including phenoxy) is 2. The van der Waals surface area contributed by atoms with E-state index in [0.29, 0.717) is 11.6 Å². The van der Waals surface area contributed by atoms with Gasteiger partial charge in [0.05, 0.1) is 25.2 Å². The molecule has 0 radical (unpaired) electrons. The maximum atomic E-state index is 13.4. The largest absolute Gasteiger partial charge is 0.481 e. The van der Waals surface area contributed by atoms with Gasteiger partial charge in [-0.05, 0) is 12.1 Å². The van der Waals surface area contributed by atoms with Crippen LogP contribution in [0.25, 0.3) is 17.2 Å². The molecule has 11 heteroatoms. The first-order chi connectivity index (χ1) is 13.0. The van der Waals surface area contributed by atoms with Gasteiger partial charge < -0.3 is 14.5 Å². The van der Waals surface area contributed by atoms with Crippen LogP contribution in [0.2, 0.25) is 0 Å². The van der Waals surface area contributed by atoms with E-state index in [1.54, 1.807) is 12.1 Å². The lowest BCUT2D eigenvalue weighted by molar-refractivity contribution is -0.140. The second-order valence-corrected chi connectivity index (χ2v) is 5.34. The normalized spacial score (nSPS) is 11.7. The predicted molar refractivity (Wildman–Crippen MR) is 86.4 cm³/mol. The van der Waals surface area contributed by atoms with E-state index in [4.69, 9.17) is 9.47 Å². The predicted octanol–water partition coefficient (Wildman–Crippen LogP) is 3.33. The van der Waals surface area contributed by atoms with Crippen molar-refractivity contribution in [3.8, 4) is 29.0 Å². The Bertz CT molecular complexity index is 1090. The molecular formula is C16H11F3N6O2. The smallest absolute Gasteiger partial charge is 0.435 e. The first-order valence-electron chi connectivity index (χ1n) is 7.59. The number of nitrogens with one attached hydrogen (secondary N) is 1. The molecular weight excluding hydrogens is 365 g/mol. The van der Waals surface area contributed by atoms with E-state index < -0.39 is 11.9 Å². The molecule has 0 unspecified atom stereocenters. The molecule has 1 N–H and O–H groups in total. The van der Waals surface area contributed by atoms with E-state index in [2.05, 4.69) is 24.9 Å². The highest BCUT2D eigenvalue weighted by Gasteiger charge is 2.39. The Morgan fingerprint density at radius 3 is 2.67 bits per heavy atom. The number of halogens is 3. The zero-order chi connectivity index (χ0) is 19.0. The molecule has 138 valence electrons. The quantitative estimate of drug-likeness (QED) is 0.588. The lowest BCUT2D eigenvalue weighted by Crippen LogP contribution is -2.07. The summed E-state index contributed by atoms with van der Waals surface area (Å²) in [4.78, 5) is 18.1. The van der Waals surface area contributed by atoms with E-state index in [1.165, 1.54) is 42.4 Å². The van der Waals surface area contributed by atoms with Gasteiger partial charge >= 0.3 is 6.18 Å². The molecule has 0 aliphatic carbocycles. The molecule has 4 rings (SSSR count). The second-order valence-electron chi connectivity index (χ2n) is 5.34. The van der Waals surface area contributed by atoms with Crippen LogP contribution >= 0.6 is 0 Å².